The Kier molecular flexibility index (Phi) is 7.59. The van der Waals surface area contributed by atoms with E-state index in [1.165, 1.54) is 11.7 Å². The van der Waals surface area contributed by atoms with Crippen LogP contribution in [0, 0.1) is 13.8 Å². The van der Waals surface area contributed by atoms with Crippen LogP contribution < -0.4 is 10.9 Å². The van der Waals surface area contributed by atoms with E-state index in [1.54, 1.807) is 37.4 Å². The number of pyridine rings is 1. The van der Waals surface area contributed by atoms with Crippen LogP contribution >= 0.6 is 0 Å². The molecule has 1 fully saturated rings. The molecule has 0 spiro atoms. The Morgan fingerprint density at radius 2 is 1.90 bits per heavy atom. The van der Waals surface area contributed by atoms with E-state index >= 15 is 0 Å². The lowest BCUT2D eigenvalue weighted by Gasteiger charge is -2.26. The van der Waals surface area contributed by atoms with Gasteiger partial charge in [-0.1, -0.05) is 29.8 Å². The molecule has 1 N–H and O–H groups in total. The summed E-state index contributed by atoms with van der Waals surface area (Å²) in [5.41, 5.74) is 1.76. The summed E-state index contributed by atoms with van der Waals surface area (Å²) in [6.07, 6.45) is 1.70. The zero-order chi connectivity index (χ0) is 22.4. The highest BCUT2D eigenvalue weighted by Gasteiger charge is 2.26. The summed E-state index contributed by atoms with van der Waals surface area (Å²) in [6.45, 7) is 7.79. The van der Waals surface area contributed by atoms with E-state index in [9.17, 15) is 14.4 Å². The number of methoxy groups -OCH3 is 1. The van der Waals surface area contributed by atoms with Gasteiger partial charge in [0, 0.05) is 32.4 Å². The first-order valence-electron chi connectivity index (χ1n) is 10.4. The number of morpholine rings is 1. The first kappa shape index (κ1) is 22.7. The SMILES string of the molecule is COC(=O)C(NC(=O)c1c(C)ccn(CCN2CCOCC2)c1=O)c1cccc(C)c1. The maximum absolute atomic E-state index is 13.1. The Hall–Kier alpha value is -2.97. The fourth-order valence-electron chi connectivity index (χ4n) is 3.64. The van der Waals surface area contributed by atoms with E-state index in [2.05, 4.69) is 10.2 Å². The van der Waals surface area contributed by atoms with Gasteiger partial charge in [-0.05, 0) is 31.0 Å². The molecule has 1 amide bonds. The second kappa shape index (κ2) is 10.4. The first-order chi connectivity index (χ1) is 14.9. The van der Waals surface area contributed by atoms with Gasteiger partial charge in [-0.25, -0.2) is 4.79 Å². The zero-order valence-corrected chi connectivity index (χ0v) is 18.2. The normalized spacial score (nSPS) is 15.3. The molecule has 166 valence electrons. The molecule has 8 nitrogen and oxygen atoms in total. The highest BCUT2D eigenvalue weighted by atomic mass is 16.5. The monoisotopic (exact) mass is 427 g/mol. The Labute approximate surface area is 181 Å². The number of aromatic nitrogens is 1. The second-order valence-corrected chi connectivity index (χ2v) is 7.67. The van der Waals surface area contributed by atoms with Crippen LogP contribution in [-0.2, 0) is 20.8 Å². The minimum absolute atomic E-state index is 0.0334. The lowest BCUT2D eigenvalue weighted by Crippen LogP contribution is -2.41. The topological polar surface area (TPSA) is 89.9 Å². The number of hydrogen-bond acceptors (Lipinski definition) is 6. The van der Waals surface area contributed by atoms with Crippen LogP contribution in [0.4, 0.5) is 0 Å². The number of carbonyl (C=O) groups is 2. The molecule has 31 heavy (non-hydrogen) atoms. The zero-order valence-electron chi connectivity index (χ0n) is 18.2. The number of rotatable bonds is 7. The van der Waals surface area contributed by atoms with E-state index in [4.69, 9.17) is 9.47 Å². The van der Waals surface area contributed by atoms with E-state index < -0.39 is 17.9 Å². The maximum Gasteiger partial charge on any atom is 0.333 e. The number of nitrogens with one attached hydrogen (secondary N) is 1. The minimum atomic E-state index is -1.00. The van der Waals surface area contributed by atoms with Gasteiger partial charge in [0.1, 0.15) is 5.56 Å². The largest absolute Gasteiger partial charge is 0.467 e. The van der Waals surface area contributed by atoms with Crippen molar-refractivity contribution in [2.75, 3.05) is 40.0 Å². The van der Waals surface area contributed by atoms with Crippen LogP contribution in [0.15, 0.2) is 41.3 Å². The molecule has 0 bridgehead atoms. The molecule has 0 aliphatic carbocycles. The molecular formula is C23H29N3O5. The van der Waals surface area contributed by atoms with Gasteiger partial charge >= 0.3 is 5.97 Å². The molecule has 1 unspecified atom stereocenters. The minimum Gasteiger partial charge on any atom is -0.467 e. The predicted octanol–water partition coefficient (Wildman–Crippen LogP) is 1.44. The Morgan fingerprint density at radius 1 is 1.16 bits per heavy atom. The van der Waals surface area contributed by atoms with Gasteiger partial charge in [0.15, 0.2) is 6.04 Å². The van der Waals surface area contributed by atoms with Crippen molar-refractivity contribution in [3.05, 3.63) is 69.1 Å². The molecule has 0 radical (unpaired) electrons. The number of benzene rings is 1. The number of ether oxygens (including phenoxy) is 2. The molecule has 2 heterocycles. The van der Waals surface area contributed by atoms with Crippen molar-refractivity contribution in [1.82, 2.24) is 14.8 Å². The number of hydrogen-bond donors (Lipinski definition) is 1. The van der Waals surface area contributed by atoms with Gasteiger partial charge in [-0.2, -0.15) is 0 Å². The van der Waals surface area contributed by atoms with Gasteiger partial charge < -0.3 is 19.4 Å². The van der Waals surface area contributed by atoms with Gasteiger partial charge in [0.05, 0.1) is 20.3 Å². The average molecular weight is 428 g/mol. The Morgan fingerprint density at radius 3 is 2.58 bits per heavy atom. The maximum atomic E-state index is 13.1. The summed E-state index contributed by atoms with van der Waals surface area (Å²) < 4.78 is 11.8. The van der Waals surface area contributed by atoms with Crippen LogP contribution in [0.25, 0.3) is 0 Å². The van der Waals surface area contributed by atoms with Crippen LogP contribution in [-0.4, -0.2) is 61.3 Å². The van der Waals surface area contributed by atoms with Crippen molar-refractivity contribution in [1.29, 1.82) is 0 Å². The van der Waals surface area contributed by atoms with Gasteiger partial charge in [-0.3, -0.25) is 14.5 Å². The van der Waals surface area contributed by atoms with Gasteiger partial charge in [-0.15, -0.1) is 0 Å². The van der Waals surface area contributed by atoms with E-state index in [0.29, 0.717) is 37.4 Å². The lowest BCUT2D eigenvalue weighted by atomic mass is 10.0. The molecule has 2 aromatic rings. The fourth-order valence-corrected chi connectivity index (χ4v) is 3.64. The summed E-state index contributed by atoms with van der Waals surface area (Å²) >= 11 is 0. The third-order valence-electron chi connectivity index (χ3n) is 5.45. The first-order valence-corrected chi connectivity index (χ1v) is 10.4. The molecule has 1 atom stereocenters. The quantitative estimate of drug-likeness (QED) is 0.673. The predicted molar refractivity (Wildman–Crippen MR) is 116 cm³/mol. The summed E-state index contributed by atoms with van der Waals surface area (Å²) in [6, 6.07) is 7.99. The van der Waals surface area contributed by atoms with E-state index in [-0.39, 0.29) is 11.1 Å². The summed E-state index contributed by atoms with van der Waals surface area (Å²) in [5.74, 6) is -1.19. The number of carbonyl (C=O) groups excluding carboxylic acids is 2. The third kappa shape index (κ3) is 5.59. The second-order valence-electron chi connectivity index (χ2n) is 7.67. The van der Waals surface area contributed by atoms with E-state index in [1.807, 2.05) is 13.0 Å². The highest BCUT2D eigenvalue weighted by Crippen LogP contribution is 2.17. The number of amides is 1. The molecule has 3 rings (SSSR count). The van der Waals surface area contributed by atoms with Crippen molar-refractivity contribution >= 4 is 11.9 Å². The lowest BCUT2D eigenvalue weighted by molar-refractivity contribution is -0.143. The van der Waals surface area contributed by atoms with Crippen LogP contribution in [0.2, 0.25) is 0 Å². The van der Waals surface area contributed by atoms with Crippen molar-refractivity contribution < 1.29 is 19.1 Å². The highest BCUT2D eigenvalue weighted by molar-refractivity contribution is 5.97. The summed E-state index contributed by atoms with van der Waals surface area (Å²) in [7, 11) is 1.27. The molecule has 1 aliphatic rings. The van der Waals surface area contributed by atoms with Crippen LogP contribution in [0.5, 0.6) is 0 Å². The number of aryl methyl sites for hydroxylation is 2. The molecule has 1 aliphatic heterocycles. The number of esters is 1. The standard InChI is InChI=1S/C23H29N3O5/c1-16-5-4-6-18(15-16)20(23(29)30-3)24-21(27)19-17(2)7-8-26(22(19)28)10-9-25-11-13-31-14-12-25/h4-8,15,20H,9-14H2,1-3H3,(H,24,27). The molecule has 1 saturated heterocycles. The van der Waals surface area contributed by atoms with Gasteiger partial charge in [0.2, 0.25) is 0 Å². The molecular weight excluding hydrogens is 398 g/mol. The van der Waals surface area contributed by atoms with Crippen LogP contribution in [0.3, 0.4) is 0 Å². The Balaban J connectivity index is 1.82. The third-order valence-corrected chi connectivity index (χ3v) is 5.45. The van der Waals surface area contributed by atoms with Crippen molar-refractivity contribution in [3.63, 3.8) is 0 Å². The van der Waals surface area contributed by atoms with Gasteiger partial charge in [0.25, 0.3) is 11.5 Å². The van der Waals surface area contributed by atoms with Crippen molar-refractivity contribution in [3.8, 4) is 0 Å². The van der Waals surface area contributed by atoms with Crippen molar-refractivity contribution in [2.45, 2.75) is 26.4 Å². The van der Waals surface area contributed by atoms with Crippen molar-refractivity contribution in [2.24, 2.45) is 0 Å². The molecule has 1 aromatic heterocycles. The smallest absolute Gasteiger partial charge is 0.333 e. The fraction of sp³-hybridized carbons (Fsp3) is 0.435. The van der Waals surface area contributed by atoms with E-state index in [0.717, 1.165) is 18.7 Å². The summed E-state index contributed by atoms with van der Waals surface area (Å²) in [4.78, 5) is 40.7. The Bertz CT molecular complexity index is 995. The molecule has 0 saturated carbocycles. The number of nitrogens with zero attached hydrogens (tertiary/aromatic N) is 2. The summed E-state index contributed by atoms with van der Waals surface area (Å²) in [5, 5.41) is 2.69. The molecule has 8 heteroatoms. The average Bonchev–Trinajstić information content (AvgIpc) is 2.77. The van der Waals surface area contributed by atoms with Crippen LogP contribution in [0.1, 0.15) is 33.1 Å². The molecule has 1 aromatic carbocycles.